The van der Waals surface area contributed by atoms with Gasteiger partial charge in [0, 0.05) is 5.02 Å². The van der Waals surface area contributed by atoms with Crippen LogP contribution in [0, 0.1) is 5.41 Å². The van der Waals surface area contributed by atoms with Crippen molar-refractivity contribution in [2.75, 3.05) is 0 Å². The zero-order chi connectivity index (χ0) is 27.1. The van der Waals surface area contributed by atoms with Gasteiger partial charge in [-0.1, -0.05) is 91.2 Å². The predicted octanol–water partition coefficient (Wildman–Crippen LogP) is 4.65. The Bertz CT molecular complexity index is 1320. The third-order valence-corrected chi connectivity index (χ3v) is 7.61. The molecule has 3 aromatic rings. The fourth-order valence-electron chi connectivity index (χ4n) is 5.24. The summed E-state index contributed by atoms with van der Waals surface area (Å²) in [6.45, 7) is 0.198. The molecule has 3 aromatic carbocycles. The Hall–Kier alpha value is -3.88. The van der Waals surface area contributed by atoms with Crippen LogP contribution in [-0.2, 0) is 27.4 Å². The molecule has 1 fully saturated rings. The summed E-state index contributed by atoms with van der Waals surface area (Å²) in [4.78, 5) is 26.6. The van der Waals surface area contributed by atoms with Crippen LogP contribution < -0.4 is 21.8 Å². The summed E-state index contributed by atoms with van der Waals surface area (Å²) in [7, 11) is 0. The van der Waals surface area contributed by atoms with Gasteiger partial charge in [0.2, 0.25) is 5.91 Å². The van der Waals surface area contributed by atoms with Crippen molar-refractivity contribution in [1.29, 1.82) is 0 Å². The molecule has 0 radical (unpaired) electrons. The molecular weight excluding hydrogens is 514 g/mol. The Labute approximate surface area is 233 Å². The Morgan fingerprint density at radius 1 is 0.949 bits per heavy atom. The highest BCUT2D eigenvalue weighted by Gasteiger charge is 2.44. The van der Waals surface area contributed by atoms with Crippen LogP contribution >= 0.6 is 11.6 Å². The number of benzene rings is 3. The van der Waals surface area contributed by atoms with Crippen LogP contribution in [-0.4, -0.2) is 23.8 Å². The van der Waals surface area contributed by atoms with Crippen LogP contribution in [0.3, 0.4) is 0 Å². The maximum Gasteiger partial charge on any atom is 0.307 e. The standard InChI is InChI=1S/C30H32ClN5O3/c31-25-10-6-9-24(18-25)23-13-11-21(12-14-23)17-26(28-33-35-36-34-28)32-29(38)30(15-4-5-16-30)19-27(37)39-20-22-7-2-1-3-8-22/h1-3,6-14,18,26,35-36H,4-5,15-17,19-20H2,(H,32,38)(H,33,34)/t26-/m0/s1. The van der Waals surface area contributed by atoms with E-state index in [1.807, 2.05) is 78.9 Å². The molecule has 0 unspecified atom stereocenters. The van der Waals surface area contributed by atoms with Crippen molar-refractivity contribution in [3.05, 3.63) is 95.0 Å². The second-order valence-corrected chi connectivity index (χ2v) is 10.5. The lowest BCUT2D eigenvalue weighted by molar-refractivity contribution is -0.151. The summed E-state index contributed by atoms with van der Waals surface area (Å²) >= 11 is 6.16. The van der Waals surface area contributed by atoms with E-state index in [0.29, 0.717) is 30.1 Å². The highest BCUT2D eigenvalue weighted by atomic mass is 35.5. The lowest BCUT2D eigenvalue weighted by Crippen LogP contribution is -2.53. The van der Waals surface area contributed by atoms with Gasteiger partial charge in [0.05, 0.1) is 17.9 Å². The van der Waals surface area contributed by atoms with Crippen molar-refractivity contribution < 1.29 is 14.3 Å². The third-order valence-electron chi connectivity index (χ3n) is 7.38. The van der Waals surface area contributed by atoms with Crippen molar-refractivity contribution >= 4 is 29.3 Å². The number of carbonyl (C=O) groups excluding carboxylic acids is 2. The van der Waals surface area contributed by atoms with Gasteiger partial charge < -0.3 is 10.1 Å². The number of rotatable bonds is 10. The molecule has 1 saturated carbocycles. The lowest BCUT2D eigenvalue weighted by atomic mass is 9.81. The molecule has 1 atom stereocenters. The van der Waals surface area contributed by atoms with Crippen molar-refractivity contribution in [1.82, 2.24) is 21.8 Å². The highest BCUT2D eigenvalue weighted by Crippen LogP contribution is 2.42. The molecule has 8 nitrogen and oxygen atoms in total. The third kappa shape index (κ3) is 6.77. The SMILES string of the molecule is O=C(CC1(C(=O)N[C@@H](Cc2ccc(-c3cccc(Cl)c3)cc2)C2=NNNN2)CCCC1)OCc1ccccc1. The summed E-state index contributed by atoms with van der Waals surface area (Å²) in [5, 5.41) is 8.13. The minimum Gasteiger partial charge on any atom is -0.461 e. The van der Waals surface area contributed by atoms with Gasteiger partial charge in [-0.15, -0.1) is 10.6 Å². The largest absolute Gasteiger partial charge is 0.461 e. The Balaban J connectivity index is 1.27. The summed E-state index contributed by atoms with van der Waals surface area (Å²) in [6, 6.07) is 25.0. The van der Waals surface area contributed by atoms with Gasteiger partial charge in [0.1, 0.15) is 6.61 Å². The van der Waals surface area contributed by atoms with Gasteiger partial charge in [0.25, 0.3) is 0 Å². The molecule has 5 rings (SSSR count). The summed E-state index contributed by atoms with van der Waals surface area (Å²) in [5.74, 6) is 0.0689. The number of ether oxygens (including phenoxy) is 1. The second kappa shape index (κ2) is 12.3. The monoisotopic (exact) mass is 545 g/mol. The summed E-state index contributed by atoms with van der Waals surface area (Å²) < 4.78 is 5.54. The summed E-state index contributed by atoms with van der Waals surface area (Å²) in [5.41, 5.74) is 11.7. The second-order valence-electron chi connectivity index (χ2n) is 10.1. The number of hydrogen-bond donors (Lipinski definition) is 4. The molecule has 1 heterocycles. The molecule has 0 spiro atoms. The number of amidine groups is 1. The smallest absolute Gasteiger partial charge is 0.307 e. The Kier molecular flexibility index (Phi) is 8.44. The number of nitrogens with one attached hydrogen (secondary N) is 4. The van der Waals surface area contributed by atoms with Crippen LogP contribution in [0.4, 0.5) is 0 Å². The average Bonchev–Trinajstić information content (AvgIpc) is 3.66. The Morgan fingerprint density at radius 3 is 2.41 bits per heavy atom. The molecule has 0 saturated heterocycles. The van der Waals surface area contributed by atoms with Gasteiger partial charge in [-0.3, -0.25) is 15.0 Å². The molecule has 202 valence electrons. The van der Waals surface area contributed by atoms with Gasteiger partial charge >= 0.3 is 5.97 Å². The molecule has 4 N–H and O–H groups in total. The molecule has 0 bridgehead atoms. The maximum absolute atomic E-state index is 13.8. The molecule has 2 aliphatic rings. The van der Waals surface area contributed by atoms with Gasteiger partial charge in [0.15, 0.2) is 5.84 Å². The van der Waals surface area contributed by atoms with Crippen LogP contribution in [0.15, 0.2) is 84.0 Å². The van der Waals surface area contributed by atoms with Crippen molar-refractivity contribution in [2.45, 2.75) is 51.2 Å². The first-order valence-electron chi connectivity index (χ1n) is 13.2. The molecule has 1 aliphatic heterocycles. The number of amides is 1. The van der Waals surface area contributed by atoms with E-state index in [4.69, 9.17) is 16.3 Å². The minimum atomic E-state index is -0.789. The van der Waals surface area contributed by atoms with E-state index >= 15 is 0 Å². The van der Waals surface area contributed by atoms with E-state index in [1.54, 1.807) is 0 Å². The molecular formula is C30H32ClN5O3. The van der Waals surface area contributed by atoms with Gasteiger partial charge in [-0.25, -0.2) is 5.53 Å². The number of hydrazine groups is 2. The number of carbonyl (C=O) groups is 2. The zero-order valence-electron chi connectivity index (χ0n) is 21.6. The lowest BCUT2D eigenvalue weighted by Gasteiger charge is -2.29. The molecule has 1 aliphatic carbocycles. The number of nitrogens with zero attached hydrogens (tertiary/aromatic N) is 1. The van der Waals surface area contributed by atoms with Crippen LogP contribution in [0.1, 0.15) is 43.2 Å². The van der Waals surface area contributed by atoms with Crippen LogP contribution in [0.2, 0.25) is 5.02 Å². The van der Waals surface area contributed by atoms with Crippen molar-refractivity contribution in [2.24, 2.45) is 10.5 Å². The fourth-order valence-corrected chi connectivity index (χ4v) is 5.43. The summed E-state index contributed by atoms with van der Waals surface area (Å²) in [6.07, 6.45) is 3.68. The average molecular weight is 546 g/mol. The van der Waals surface area contributed by atoms with E-state index in [0.717, 1.165) is 35.1 Å². The number of esters is 1. The topological polar surface area (TPSA) is 104 Å². The highest BCUT2D eigenvalue weighted by molar-refractivity contribution is 6.30. The minimum absolute atomic E-state index is 0.0587. The van der Waals surface area contributed by atoms with E-state index in [2.05, 4.69) is 26.9 Å². The molecule has 1 amide bonds. The quantitative estimate of drug-likeness (QED) is 0.276. The maximum atomic E-state index is 13.8. The van der Waals surface area contributed by atoms with E-state index in [1.165, 1.54) is 0 Å². The first kappa shape index (κ1) is 26.7. The van der Waals surface area contributed by atoms with Gasteiger partial charge in [-0.05, 0) is 53.6 Å². The van der Waals surface area contributed by atoms with Crippen LogP contribution in [0.25, 0.3) is 11.1 Å². The van der Waals surface area contributed by atoms with Crippen molar-refractivity contribution in [3.63, 3.8) is 0 Å². The predicted molar refractivity (Wildman–Crippen MR) is 151 cm³/mol. The molecule has 0 aromatic heterocycles. The number of hydrazone groups is 1. The van der Waals surface area contributed by atoms with E-state index in [9.17, 15) is 9.59 Å². The fraction of sp³-hybridized carbons (Fsp3) is 0.300. The van der Waals surface area contributed by atoms with E-state index < -0.39 is 11.5 Å². The Morgan fingerprint density at radius 2 is 1.72 bits per heavy atom. The zero-order valence-corrected chi connectivity index (χ0v) is 22.3. The molecule has 9 heteroatoms. The van der Waals surface area contributed by atoms with Gasteiger partial charge in [-0.2, -0.15) is 0 Å². The first-order chi connectivity index (χ1) is 19.0. The number of hydrogen-bond acceptors (Lipinski definition) is 7. The van der Waals surface area contributed by atoms with Crippen LogP contribution in [0.5, 0.6) is 0 Å². The van der Waals surface area contributed by atoms with E-state index in [-0.39, 0.29) is 24.9 Å². The van der Waals surface area contributed by atoms with Crippen molar-refractivity contribution in [3.8, 4) is 11.1 Å². The number of halogens is 1. The first-order valence-corrected chi connectivity index (χ1v) is 13.6. The molecule has 39 heavy (non-hydrogen) atoms. The normalized spacial score (nSPS) is 16.5.